The van der Waals surface area contributed by atoms with Gasteiger partial charge in [-0.25, -0.2) is 9.97 Å². The minimum atomic E-state index is -0.191. The first kappa shape index (κ1) is 18.8. The van der Waals surface area contributed by atoms with Gasteiger partial charge in [-0.2, -0.15) is 4.98 Å². The van der Waals surface area contributed by atoms with E-state index < -0.39 is 0 Å². The number of aryl methyl sites for hydroxylation is 1. The van der Waals surface area contributed by atoms with Crippen LogP contribution >= 0.6 is 11.3 Å². The van der Waals surface area contributed by atoms with Crippen LogP contribution in [-0.4, -0.2) is 47.9 Å². The van der Waals surface area contributed by atoms with Crippen molar-refractivity contribution in [1.82, 2.24) is 20.3 Å². The summed E-state index contributed by atoms with van der Waals surface area (Å²) in [5.74, 6) is 0.642. The normalized spacial score (nSPS) is 12.9. The summed E-state index contributed by atoms with van der Waals surface area (Å²) in [6.07, 6.45) is 1.61. The van der Waals surface area contributed by atoms with E-state index in [4.69, 9.17) is 0 Å². The third-order valence-electron chi connectivity index (χ3n) is 4.59. The van der Waals surface area contributed by atoms with Crippen LogP contribution in [0.15, 0.2) is 30.5 Å². The molecule has 0 aliphatic carbocycles. The van der Waals surface area contributed by atoms with Crippen LogP contribution < -0.4 is 20.4 Å². The van der Waals surface area contributed by atoms with Crippen LogP contribution in [0.4, 0.5) is 28.1 Å². The van der Waals surface area contributed by atoms with Crippen LogP contribution in [0.3, 0.4) is 0 Å². The summed E-state index contributed by atoms with van der Waals surface area (Å²) in [5, 5.41) is 7.29. The van der Waals surface area contributed by atoms with Crippen molar-refractivity contribution in [3.63, 3.8) is 0 Å². The molecule has 10 heteroatoms. The van der Waals surface area contributed by atoms with Crippen LogP contribution in [0.2, 0.25) is 0 Å². The molecule has 2 aromatic heterocycles. The van der Waals surface area contributed by atoms with Gasteiger partial charge in [0.15, 0.2) is 11.5 Å². The number of hydrogen-bond acceptors (Lipinski definition) is 8. The predicted octanol–water partition coefficient (Wildman–Crippen LogP) is 2.70. The van der Waals surface area contributed by atoms with E-state index in [9.17, 15) is 9.59 Å². The molecule has 9 nitrogen and oxygen atoms in total. The monoisotopic (exact) mass is 409 g/mol. The Morgan fingerprint density at radius 2 is 1.83 bits per heavy atom. The van der Waals surface area contributed by atoms with E-state index >= 15 is 0 Å². The summed E-state index contributed by atoms with van der Waals surface area (Å²) in [4.78, 5) is 41.2. The lowest BCUT2D eigenvalue weighted by molar-refractivity contribution is 0.0961. The van der Waals surface area contributed by atoms with Gasteiger partial charge in [-0.3, -0.25) is 9.59 Å². The van der Waals surface area contributed by atoms with Gasteiger partial charge >= 0.3 is 0 Å². The standard InChI is InChI=1S/C19H19N7O2S/c1-10-22-14-17(28)25(3)13-9-21-19(24-15(13)26(4)18(14)29-10)23-12-7-5-11(6-8-12)16(27)20-2/h5-9H,1-4H3,(H,20,27)(H,21,23,24). The zero-order chi connectivity index (χ0) is 20.7. The molecule has 1 aliphatic rings. The average molecular weight is 409 g/mol. The van der Waals surface area contributed by atoms with E-state index in [1.54, 1.807) is 44.6 Å². The Morgan fingerprint density at radius 1 is 1.10 bits per heavy atom. The van der Waals surface area contributed by atoms with Gasteiger partial charge in [0.05, 0.1) is 11.2 Å². The molecule has 148 valence electrons. The van der Waals surface area contributed by atoms with Crippen LogP contribution in [-0.2, 0) is 0 Å². The number of benzene rings is 1. The number of carbonyl (C=O) groups is 2. The molecule has 1 aromatic carbocycles. The van der Waals surface area contributed by atoms with Crippen molar-refractivity contribution in [2.75, 3.05) is 36.3 Å². The van der Waals surface area contributed by atoms with Gasteiger partial charge < -0.3 is 20.4 Å². The van der Waals surface area contributed by atoms with Gasteiger partial charge in [-0.15, -0.1) is 11.3 Å². The maximum Gasteiger partial charge on any atom is 0.279 e. The largest absolute Gasteiger partial charge is 0.355 e. The highest BCUT2D eigenvalue weighted by Gasteiger charge is 2.32. The number of nitrogens with one attached hydrogen (secondary N) is 2. The molecule has 0 radical (unpaired) electrons. The highest BCUT2D eigenvalue weighted by atomic mass is 32.1. The van der Waals surface area contributed by atoms with Gasteiger partial charge in [-0.1, -0.05) is 0 Å². The first-order valence-corrected chi connectivity index (χ1v) is 9.66. The average Bonchev–Trinajstić information content (AvgIpc) is 3.11. The molecule has 29 heavy (non-hydrogen) atoms. The molecule has 2 amide bonds. The Kier molecular flexibility index (Phi) is 4.63. The zero-order valence-corrected chi connectivity index (χ0v) is 17.2. The number of amides is 2. The molecule has 0 atom stereocenters. The highest BCUT2D eigenvalue weighted by Crippen LogP contribution is 2.40. The minimum Gasteiger partial charge on any atom is -0.355 e. The zero-order valence-electron chi connectivity index (χ0n) is 16.3. The molecule has 2 N–H and O–H groups in total. The number of fused-ring (bicyclic) bond motifs is 2. The SMILES string of the molecule is CNC(=O)c1ccc(Nc2ncc3c(n2)N(C)c2sc(C)nc2C(=O)N3C)cc1. The highest BCUT2D eigenvalue weighted by molar-refractivity contribution is 7.16. The lowest BCUT2D eigenvalue weighted by Gasteiger charge is -2.20. The van der Waals surface area contributed by atoms with Gasteiger partial charge in [0, 0.05) is 32.4 Å². The smallest absolute Gasteiger partial charge is 0.279 e. The number of thiazole rings is 1. The fourth-order valence-electron chi connectivity index (χ4n) is 3.04. The van der Waals surface area contributed by atoms with Crippen molar-refractivity contribution in [3.05, 3.63) is 46.7 Å². The minimum absolute atomic E-state index is 0.150. The number of nitrogens with zero attached hydrogens (tertiary/aromatic N) is 5. The lowest BCUT2D eigenvalue weighted by atomic mass is 10.2. The molecule has 0 fully saturated rings. The molecule has 0 bridgehead atoms. The fourth-order valence-corrected chi connectivity index (χ4v) is 3.91. The number of aromatic nitrogens is 3. The molecular weight excluding hydrogens is 390 g/mol. The van der Waals surface area contributed by atoms with Crippen molar-refractivity contribution >= 4 is 51.3 Å². The lowest BCUT2D eigenvalue weighted by Crippen LogP contribution is -2.26. The van der Waals surface area contributed by atoms with Gasteiger partial charge in [0.2, 0.25) is 5.95 Å². The van der Waals surface area contributed by atoms with Gasteiger partial charge in [0.25, 0.3) is 11.8 Å². The number of rotatable bonds is 3. The Hall–Kier alpha value is -3.53. The number of anilines is 5. The Labute approximate surface area is 171 Å². The molecule has 0 saturated heterocycles. The van der Waals surface area contributed by atoms with Crippen molar-refractivity contribution < 1.29 is 9.59 Å². The van der Waals surface area contributed by atoms with Crippen LogP contribution in [0, 0.1) is 6.92 Å². The van der Waals surface area contributed by atoms with Gasteiger partial charge in [-0.05, 0) is 31.2 Å². The molecule has 3 heterocycles. The van der Waals surface area contributed by atoms with E-state index in [0.717, 1.165) is 15.7 Å². The topological polar surface area (TPSA) is 103 Å². The maximum absolute atomic E-state index is 12.8. The van der Waals surface area contributed by atoms with Crippen molar-refractivity contribution in [3.8, 4) is 0 Å². The maximum atomic E-state index is 12.8. The number of carbonyl (C=O) groups excluding carboxylic acids is 2. The van der Waals surface area contributed by atoms with E-state index in [1.807, 2.05) is 18.9 Å². The molecule has 0 saturated carbocycles. The predicted molar refractivity (Wildman–Crippen MR) is 113 cm³/mol. The van der Waals surface area contributed by atoms with E-state index in [-0.39, 0.29) is 11.8 Å². The Bertz CT molecular complexity index is 1110. The van der Waals surface area contributed by atoms with E-state index in [2.05, 4.69) is 25.6 Å². The van der Waals surface area contributed by atoms with E-state index in [0.29, 0.717) is 28.7 Å². The summed E-state index contributed by atoms with van der Waals surface area (Å²) in [7, 11) is 5.13. The van der Waals surface area contributed by atoms with E-state index in [1.165, 1.54) is 16.2 Å². The second-order valence-corrected chi connectivity index (χ2v) is 7.68. The fraction of sp³-hybridized carbons (Fsp3) is 0.211. The quantitative estimate of drug-likeness (QED) is 0.685. The first-order chi connectivity index (χ1) is 13.9. The molecule has 1 aliphatic heterocycles. The third kappa shape index (κ3) is 3.27. The van der Waals surface area contributed by atoms with Crippen molar-refractivity contribution in [1.29, 1.82) is 0 Å². The first-order valence-electron chi connectivity index (χ1n) is 8.84. The van der Waals surface area contributed by atoms with Crippen molar-refractivity contribution in [2.45, 2.75) is 6.92 Å². The second-order valence-electron chi connectivity index (χ2n) is 6.49. The number of hydrogen-bond donors (Lipinski definition) is 2. The molecule has 3 aromatic rings. The summed E-state index contributed by atoms with van der Waals surface area (Å²) in [6.45, 7) is 1.87. The molecular formula is C19H19N7O2S. The Morgan fingerprint density at radius 3 is 2.52 bits per heavy atom. The van der Waals surface area contributed by atoms with Crippen LogP contribution in [0.1, 0.15) is 25.9 Å². The van der Waals surface area contributed by atoms with Crippen molar-refractivity contribution in [2.24, 2.45) is 0 Å². The summed E-state index contributed by atoms with van der Waals surface area (Å²) >= 11 is 1.45. The molecule has 4 rings (SSSR count). The Balaban J connectivity index is 1.68. The van der Waals surface area contributed by atoms with Gasteiger partial charge in [0.1, 0.15) is 10.7 Å². The summed E-state index contributed by atoms with van der Waals surface area (Å²) in [6, 6.07) is 7.00. The second kappa shape index (κ2) is 7.13. The van der Waals surface area contributed by atoms with Crippen LogP contribution in [0.25, 0.3) is 0 Å². The molecule has 0 spiro atoms. The summed E-state index contributed by atoms with van der Waals surface area (Å²) < 4.78 is 0. The van der Waals surface area contributed by atoms with Crippen LogP contribution in [0.5, 0.6) is 0 Å². The summed E-state index contributed by atoms with van der Waals surface area (Å²) in [5.41, 5.74) is 2.32. The third-order valence-corrected chi connectivity index (χ3v) is 5.63. The molecule has 0 unspecified atom stereocenters.